The topological polar surface area (TPSA) is 117 Å². The molecule has 1 atom stereocenters. The molecule has 2 heterocycles. The van der Waals surface area contributed by atoms with Crippen LogP contribution in [0.15, 0.2) is 35.1 Å². The average molecular weight is 518 g/mol. The Morgan fingerprint density at radius 3 is 2.70 bits per heavy atom. The number of carbonyl (C=O) groups is 1. The van der Waals surface area contributed by atoms with Crippen LogP contribution in [0.2, 0.25) is 10.0 Å². The van der Waals surface area contributed by atoms with Crippen LogP contribution >= 0.6 is 39.1 Å². The summed E-state index contributed by atoms with van der Waals surface area (Å²) in [7, 11) is 1.26. The predicted molar refractivity (Wildman–Crippen MR) is 114 cm³/mol. The van der Waals surface area contributed by atoms with Gasteiger partial charge in [-0.3, -0.25) is 19.6 Å². The molecule has 0 spiro atoms. The Kier molecular flexibility index (Phi) is 6.64. The lowest BCUT2D eigenvalue weighted by Gasteiger charge is -2.11. The van der Waals surface area contributed by atoms with E-state index in [2.05, 4.69) is 31.4 Å². The maximum Gasteiger partial charge on any atom is 0.350 e. The molecule has 0 aliphatic heterocycles. The smallest absolute Gasteiger partial charge is 0.350 e. The first-order valence-electron chi connectivity index (χ1n) is 8.45. The Balaban J connectivity index is 1.74. The van der Waals surface area contributed by atoms with E-state index < -0.39 is 16.9 Å². The number of carbonyl (C=O) groups excluding carboxylic acids is 1. The van der Waals surface area contributed by atoms with Crippen molar-refractivity contribution in [2.75, 3.05) is 12.4 Å². The fourth-order valence-corrected chi connectivity index (χ4v) is 3.45. The van der Waals surface area contributed by atoms with Gasteiger partial charge < -0.3 is 10.1 Å². The number of benzene rings is 1. The number of nitrogens with one attached hydrogen (secondary N) is 1. The third kappa shape index (κ3) is 4.74. The number of aromatic nitrogens is 4. The van der Waals surface area contributed by atoms with Crippen molar-refractivity contribution >= 4 is 56.5 Å². The number of rotatable bonds is 7. The number of nitro groups is 1. The molecule has 0 radical (unpaired) electrons. The molecular formula is C17H15BrCl2N6O4. The SMILES string of the molecule is COc1nn(C(C)C(=O)Nc2nn(Cc3ccc(Cl)cc3Cl)cc2Br)cc1[N+](=O)[O-]. The maximum atomic E-state index is 12.6. The number of halogens is 3. The van der Waals surface area contributed by atoms with E-state index in [4.69, 9.17) is 27.9 Å². The van der Waals surface area contributed by atoms with Gasteiger partial charge in [-0.1, -0.05) is 29.3 Å². The highest BCUT2D eigenvalue weighted by molar-refractivity contribution is 9.10. The zero-order valence-electron chi connectivity index (χ0n) is 15.7. The summed E-state index contributed by atoms with van der Waals surface area (Å²) in [6.45, 7) is 1.91. The third-order valence-corrected chi connectivity index (χ3v) is 5.32. The van der Waals surface area contributed by atoms with Crippen LogP contribution in [0, 0.1) is 10.1 Å². The largest absolute Gasteiger partial charge is 0.475 e. The molecule has 10 nitrogen and oxygen atoms in total. The van der Waals surface area contributed by atoms with Crippen LogP contribution in [0.3, 0.4) is 0 Å². The molecule has 0 aliphatic carbocycles. The van der Waals surface area contributed by atoms with Crippen LogP contribution in [-0.2, 0) is 11.3 Å². The summed E-state index contributed by atoms with van der Waals surface area (Å²) in [4.78, 5) is 23.0. The minimum Gasteiger partial charge on any atom is -0.475 e. The number of amides is 1. The summed E-state index contributed by atoms with van der Waals surface area (Å²) in [6.07, 6.45) is 2.83. The molecule has 0 saturated heterocycles. The Bertz CT molecular complexity index is 1120. The Labute approximate surface area is 189 Å². The number of methoxy groups -OCH3 is 1. The zero-order valence-corrected chi connectivity index (χ0v) is 18.8. The number of nitrogens with zero attached hydrogens (tertiary/aromatic N) is 5. The Morgan fingerprint density at radius 1 is 1.37 bits per heavy atom. The van der Waals surface area contributed by atoms with E-state index in [1.54, 1.807) is 36.0 Å². The number of ether oxygens (including phenoxy) is 1. The normalized spacial score (nSPS) is 11.9. The van der Waals surface area contributed by atoms with Gasteiger partial charge in [-0.05, 0) is 40.5 Å². The summed E-state index contributed by atoms with van der Waals surface area (Å²) < 4.78 is 8.19. The van der Waals surface area contributed by atoms with E-state index >= 15 is 0 Å². The lowest BCUT2D eigenvalue weighted by atomic mass is 10.2. The molecule has 0 aliphatic rings. The minimum atomic E-state index is -0.852. The molecule has 2 aromatic heterocycles. The van der Waals surface area contributed by atoms with Crippen molar-refractivity contribution in [2.24, 2.45) is 0 Å². The van der Waals surface area contributed by atoms with Gasteiger partial charge >= 0.3 is 11.6 Å². The molecular weight excluding hydrogens is 503 g/mol. The summed E-state index contributed by atoms with van der Waals surface area (Å²) in [6, 6.07) is 4.30. The second-order valence-corrected chi connectivity index (χ2v) is 7.88. The summed E-state index contributed by atoms with van der Waals surface area (Å²) >= 11 is 15.5. The van der Waals surface area contributed by atoms with Crippen molar-refractivity contribution in [3.8, 4) is 5.88 Å². The van der Waals surface area contributed by atoms with Gasteiger partial charge in [0.15, 0.2) is 5.82 Å². The molecule has 1 aromatic carbocycles. The first-order chi connectivity index (χ1) is 14.2. The average Bonchev–Trinajstić information content (AvgIpc) is 3.27. The van der Waals surface area contributed by atoms with Gasteiger partial charge in [-0.2, -0.15) is 5.10 Å². The van der Waals surface area contributed by atoms with E-state index in [-0.39, 0.29) is 17.4 Å². The van der Waals surface area contributed by atoms with Gasteiger partial charge in [0.1, 0.15) is 12.2 Å². The van der Waals surface area contributed by atoms with Crippen LogP contribution in [0.5, 0.6) is 5.88 Å². The molecule has 3 aromatic rings. The second-order valence-electron chi connectivity index (χ2n) is 6.18. The van der Waals surface area contributed by atoms with Crippen LogP contribution in [-0.4, -0.2) is 37.5 Å². The number of hydrogen-bond acceptors (Lipinski definition) is 6. The fraction of sp³-hybridized carbons (Fsp3) is 0.235. The van der Waals surface area contributed by atoms with Crippen molar-refractivity contribution in [1.82, 2.24) is 19.6 Å². The summed E-state index contributed by atoms with van der Waals surface area (Å²) in [5, 5.41) is 23.0. The van der Waals surface area contributed by atoms with Gasteiger partial charge in [-0.15, -0.1) is 5.10 Å². The molecule has 1 N–H and O–H groups in total. The van der Waals surface area contributed by atoms with Crippen molar-refractivity contribution in [3.05, 3.63) is 60.8 Å². The first-order valence-corrected chi connectivity index (χ1v) is 9.99. The highest BCUT2D eigenvalue weighted by Crippen LogP contribution is 2.28. The highest BCUT2D eigenvalue weighted by atomic mass is 79.9. The van der Waals surface area contributed by atoms with Crippen LogP contribution in [0.4, 0.5) is 11.5 Å². The lowest BCUT2D eigenvalue weighted by molar-refractivity contribution is -0.385. The minimum absolute atomic E-state index is 0.176. The zero-order chi connectivity index (χ0) is 22.0. The Morgan fingerprint density at radius 2 is 2.10 bits per heavy atom. The van der Waals surface area contributed by atoms with E-state index in [0.29, 0.717) is 21.1 Å². The lowest BCUT2D eigenvalue weighted by Crippen LogP contribution is -2.24. The monoisotopic (exact) mass is 516 g/mol. The predicted octanol–water partition coefficient (Wildman–Crippen LogP) is 4.31. The molecule has 1 amide bonds. The molecule has 158 valence electrons. The van der Waals surface area contributed by atoms with E-state index in [9.17, 15) is 14.9 Å². The molecule has 0 fully saturated rings. The summed E-state index contributed by atoms with van der Waals surface area (Å²) in [5.74, 6) is -0.360. The van der Waals surface area contributed by atoms with Crippen molar-refractivity contribution in [2.45, 2.75) is 19.5 Å². The van der Waals surface area contributed by atoms with Crippen LogP contribution < -0.4 is 10.1 Å². The van der Waals surface area contributed by atoms with Gasteiger partial charge in [0.25, 0.3) is 0 Å². The standard InChI is InChI=1S/C17H15BrCl2N6O4/c1-9(25-8-14(26(28)29)17(23-25)30-2)16(27)21-15-12(18)7-24(22-15)6-10-3-4-11(19)5-13(10)20/h3-5,7-9H,6H2,1-2H3,(H,21,22,27). The van der Waals surface area contributed by atoms with Crippen molar-refractivity contribution in [3.63, 3.8) is 0 Å². The third-order valence-electron chi connectivity index (χ3n) is 4.15. The molecule has 0 saturated carbocycles. The van der Waals surface area contributed by atoms with E-state index in [1.807, 2.05) is 0 Å². The molecule has 30 heavy (non-hydrogen) atoms. The Hall–Kier alpha value is -2.63. The fourth-order valence-electron chi connectivity index (χ4n) is 2.56. The molecule has 0 bridgehead atoms. The molecule has 1 unspecified atom stereocenters. The first kappa shape index (κ1) is 22.1. The second kappa shape index (κ2) is 9.02. The highest BCUT2D eigenvalue weighted by Gasteiger charge is 2.26. The maximum absolute atomic E-state index is 12.6. The molecule has 3 rings (SSSR count). The van der Waals surface area contributed by atoms with Gasteiger partial charge in [0, 0.05) is 16.2 Å². The quantitative estimate of drug-likeness (QED) is 0.368. The van der Waals surface area contributed by atoms with Gasteiger partial charge in [0.2, 0.25) is 5.91 Å². The van der Waals surface area contributed by atoms with E-state index in [0.717, 1.165) is 16.4 Å². The van der Waals surface area contributed by atoms with Crippen molar-refractivity contribution in [1.29, 1.82) is 0 Å². The van der Waals surface area contributed by atoms with Gasteiger partial charge in [-0.25, -0.2) is 4.68 Å². The number of anilines is 1. The molecule has 13 heteroatoms. The van der Waals surface area contributed by atoms with Crippen LogP contribution in [0.1, 0.15) is 18.5 Å². The van der Waals surface area contributed by atoms with E-state index in [1.165, 1.54) is 7.11 Å². The number of hydrogen-bond donors (Lipinski definition) is 1. The van der Waals surface area contributed by atoms with Crippen molar-refractivity contribution < 1.29 is 14.5 Å². The van der Waals surface area contributed by atoms with Crippen LogP contribution in [0.25, 0.3) is 0 Å². The summed E-state index contributed by atoms with van der Waals surface area (Å²) in [5.41, 5.74) is 0.473. The van der Waals surface area contributed by atoms with Gasteiger partial charge in [0.05, 0.1) is 23.1 Å².